The van der Waals surface area contributed by atoms with Crippen molar-refractivity contribution in [1.29, 1.82) is 0 Å². The Labute approximate surface area is 239 Å². The van der Waals surface area contributed by atoms with Crippen LogP contribution in [0.25, 0.3) is 11.1 Å². The normalized spacial score (nSPS) is 14.7. The lowest BCUT2D eigenvalue weighted by molar-refractivity contribution is -0.136. The maximum Gasteiger partial charge on any atom is 0.303 e. The number of carboxylic acids is 1. The Balaban J connectivity index is 1.27. The number of benzene rings is 2. The molecule has 204 valence electrons. The summed E-state index contributed by atoms with van der Waals surface area (Å²) in [4.78, 5) is 11.1. The van der Waals surface area contributed by atoms with Gasteiger partial charge in [-0.05, 0) is 92.8 Å². The van der Waals surface area contributed by atoms with Crippen LogP contribution in [0.15, 0.2) is 58.8 Å². The molecule has 1 aliphatic carbocycles. The van der Waals surface area contributed by atoms with E-state index < -0.39 is 12.1 Å². The quantitative estimate of drug-likeness (QED) is 0.201. The molecule has 3 N–H and O–H groups in total. The third-order valence-electron chi connectivity index (χ3n) is 7.04. The van der Waals surface area contributed by atoms with Gasteiger partial charge in [-0.2, -0.15) is 0 Å². The molecule has 0 unspecified atom stereocenters. The number of nitrogens with zero attached hydrogens (tertiary/aromatic N) is 1. The number of aliphatic carboxylic acids is 1. The maximum absolute atomic E-state index is 11.1. The predicted molar refractivity (Wildman–Crippen MR) is 159 cm³/mol. The molecule has 2 aromatic carbocycles. The lowest BCUT2D eigenvalue weighted by Gasteiger charge is -2.31. The number of nitrogens with one attached hydrogen (secondary N) is 1. The lowest BCUT2D eigenvalue weighted by Crippen LogP contribution is -2.46. The van der Waals surface area contributed by atoms with Gasteiger partial charge in [0.05, 0.1) is 10.3 Å². The molecule has 0 aliphatic heterocycles. The van der Waals surface area contributed by atoms with Crippen molar-refractivity contribution in [2.45, 2.75) is 61.8 Å². The van der Waals surface area contributed by atoms with Crippen molar-refractivity contribution in [3.8, 4) is 11.1 Å². The minimum Gasteiger partial charge on any atom is -0.481 e. The number of thiophene rings is 1. The molecular formula is C30H37ClN2O3S2. The largest absolute Gasteiger partial charge is 0.481 e. The second kappa shape index (κ2) is 13.0. The van der Waals surface area contributed by atoms with E-state index in [1.54, 1.807) is 11.9 Å². The van der Waals surface area contributed by atoms with Crippen LogP contribution in [-0.4, -0.2) is 52.3 Å². The third kappa shape index (κ3) is 8.07. The van der Waals surface area contributed by atoms with Gasteiger partial charge in [-0.25, -0.2) is 4.31 Å². The Morgan fingerprint density at radius 3 is 2.50 bits per heavy atom. The van der Waals surface area contributed by atoms with Gasteiger partial charge in [0, 0.05) is 30.6 Å². The monoisotopic (exact) mass is 572 g/mol. The van der Waals surface area contributed by atoms with Gasteiger partial charge in [-0.1, -0.05) is 60.1 Å². The summed E-state index contributed by atoms with van der Waals surface area (Å²) < 4.78 is 3.75. The Kier molecular flexibility index (Phi) is 9.95. The summed E-state index contributed by atoms with van der Waals surface area (Å²) in [5.74, 6) is -0.174. The standard InChI is InChI=1S/C30H37ClN2O3S2/c1-30(2,17-20-14-22-9-4-5-10-23(22)15-20)32-18-24(34)19-33(3)38-28-16-26(29(31)37-28)25-11-7-6-8-21(25)12-13-27(35)36/h4-11,16,20,24,32,34H,12-15,17-19H2,1-3H3,(H,35,36)/t24-/m1/s1. The number of carboxylic acid groups (broad SMARTS) is 1. The van der Waals surface area contributed by atoms with Gasteiger partial charge in [0.2, 0.25) is 0 Å². The molecule has 0 fully saturated rings. The van der Waals surface area contributed by atoms with Crippen LogP contribution >= 0.6 is 34.9 Å². The maximum atomic E-state index is 11.1. The predicted octanol–water partition coefficient (Wildman–Crippen LogP) is 6.56. The fourth-order valence-electron chi connectivity index (χ4n) is 5.35. The van der Waals surface area contributed by atoms with Gasteiger partial charge in [0.15, 0.2) is 0 Å². The molecule has 0 bridgehead atoms. The van der Waals surface area contributed by atoms with Crippen LogP contribution in [0, 0.1) is 5.92 Å². The Hall–Kier alpha value is -1.87. The minimum absolute atomic E-state index is 0.0520. The van der Waals surface area contributed by atoms with E-state index in [-0.39, 0.29) is 12.0 Å². The van der Waals surface area contributed by atoms with E-state index >= 15 is 0 Å². The number of halogens is 1. The van der Waals surface area contributed by atoms with E-state index in [4.69, 9.17) is 16.7 Å². The molecule has 1 atom stereocenters. The second-order valence-corrected chi connectivity index (χ2v) is 14.0. The zero-order valence-electron chi connectivity index (χ0n) is 22.2. The molecule has 0 spiro atoms. The van der Waals surface area contributed by atoms with E-state index in [1.807, 2.05) is 35.6 Å². The first-order valence-electron chi connectivity index (χ1n) is 13.1. The van der Waals surface area contributed by atoms with Crippen LogP contribution in [0.1, 0.15) is 43.4 Å². The molecule has 1 aromatic heterocycles. The first kappa shape index (κ1) is 29.1. The molecular weight excluding hydrogens is 536 g/mol. The Morgan fingerprint density at radius 2 is 1.82 bits per heavy atom. The number of rotatable bonds is 13. The molecule has 1 heterocycles. The summed E-state index contributed by atoms with van der Waals surface area (Å²) in [5, 5.41) is 23.4. The van der Waals surface area contributed by atoms with Crippen molar-refractivity contribution in [2.75, 3.05) is 20.1 Å². The number of likely N-dealkylation sites (N-methyl/N-ethyl adjacent to an activating group) is 1. The number of fused-ring (bicyclic) bond motifs is 1. The highest BCUT2D eigenvalue weighted by Crippen LogP contribution is 2.42. The average molecular weight is 573 g/mol. The number of hydrogen-bond donors (Lipinski definition) is 3. The Morgan fingerprint density at radius 1 is 1.16 bits per heavy atom. The first-order chi connectivity index (χ1) is 18.1. The van der Waals surface area contributed by atoms with Crippen molar-refractivity contribution in [1.82, 2.24) is 9.62 Å². The molecule has 1 aliphatic rings. The van der Waals surface area contributed by atoms with Crippen LogP contribution in [-0.2, 0) is 24.1 Å². The van der Waals surface area contributed by atoms with Gasteiger partial charge in [0.1, 0.15) is 4.34 Å². The van der Waals surface area contributed by atoms with Crippen molar-refractivity contribution >= 4 is 40.9 Å². The SMILES string of the molecule is CN(C[C@H](O)CNC(C)(C)CC1Cc2ccccc2C1)Sc1cc(-c2ccccc2CCC(=O)O)c(Cl)s1. The molecule has 3 aromatic rings. The highest BCUT2D eigenvalue weighted by molar-refractivity contribution is 7.99. The first-order valence-corrected chi connectivity index (χ1v) is 15.0. The van der Waals surface area contributed by atoms with Gasteiger partial charge in [-0.3, -0.25) is 4.79 Å². The molecule has 0 radical (unpaired) electrons. The summed E-state index contributed by atoms with van der Waals surface area (Å²) in [6, 6.07) is 18.6. The zero-order valence-corrected chi connectivity index (χ0v) is 24.6. The number of hydrogen-bond acceptors (Lipinski definition) is 6. The third-order valence-corrected chi connectivity index (χ3v) is 9.43. The van der Waals surface area contributed by atoms with E-state index in [1.165, 1.54) is 22.5 Å². The molecule has 0 saturated heterocycles. The highest BCUT2D eigenvalue weighted by Gasteiger charge is 2.28. The second-order valence-electron chi connectivity index (χ2n) is 10.9. The van der Waals surface area contributed by atoms with Crippen LogP contribution in [0.2, 0.25) is 4.34 Å². The van der Waals surface area contributed by atoms with Gasteiger partial charge in [-0.15, -0.1) is 11.3 Å². The van der Waals surface area contributed by atoms with E-state index in [0.717, 1.165) is 40.2 Å². The smallest absolute Gasteiger partial charge is 0.303 e. The summed E-state index contributed by atoms with van der Waals surface area (Å²) in [5.41, 5.74) is 5.78. The highest BCUT2D eigenvalue weighted by atomic mass is 35.5. The number of carbonyl (C=O) groups is 1. The van der Waals surface area contributed by atoms with E-state index in [9.17, 15) is 9.90 Å². The van der Waals surface area contributed by atoms with Crippen molar-refractivity contribution in [3.63, 3.8) is 0 Å². The summed E-state index contributed by atoms with van der Waals surface area (Å²) >= 11 is 9.68. The van der Waals surface area contributed by atoms with E-state index in [0.29, 0.717) is 29.8 Å². The average Bonchev–Trinajstić information content (AvgIpc) is 3.43. The summed E-state index contributed by atoms with van der Waals surface area (Å²) in [7, 11) is 1.98. The zero-order chi connectivity index (χ0) is 27.3. The molecule has 8 heteroatoms. The fraction of sp³-hybridized carbons (Fsp3) is 0.433. The van der Waals surface area contributed by atoms with Crippen LogP contribution in [0.4, 0.5) is 0 Å². The van der Waals surface area contributed by atoms with Crippen molar-refractivity contribution < 1.29 is 15.0 Å². The van der Waals surface area contributed by atoms with Gasteiger partial charge >= 0.3 is 5.97 Å². The Bertz CT molecular complexity index is 1220. The summed E-state index contributed by atoms with van der Waals surface area (Å²) in [6.45, 7) is 5.50. The van der Waals surface area contributed by atoms with Gasteiger partial charge < -0.3 is 15.5 Å². The van der Waals surface area contributed by atoms with Gasteiger partial charge in [0.25, 0.3) is 0 Å². The van der Waals surface area contributed by atoms with Crippen molar-refractivity contribution in [3.05, 3.63) is 75.6 Å². The summed E-state index contributed by atoms with van der Waals surface area (Å²) in [6.07, 6.45) is 3.39. The number of aryl methyl sites for hydroxylation is 1. The number of aliphatic hydroxyl groups is 1. The molecule has 0 saturated carbocycles. The molecule has 38 heavy (non-hydrogen) atoms. The van der Waals surface area contributed by atoms with E-state index in [2.05, 4.69) is 49.5 Å². The number of β-amino-alcohol motifs (C(OH)–C–C–N with tert-alkyl or cyclic N) is 1. The topological polar surface area (TPSA) is 72.8 Å². The van der Waals surface area contributed by atoms with Crippen LogP contribution < -0.4 is 5.32 Å². The fourth-order valence-corrected chi connectivity index (χ4v) is 8.03. The molecule has 5 nitrogen and oxygen atoms in total. The minimum atomic E-state index is -0.811. The van der Waals surface area contributed by atoms with Crippen LogP contribution in [0.5, 0.6) is 0 Å². The molecule has 0 amide bonds. The number of aliphatic hydroxyl groups excluding tert-OH is 1. The van der Waals surface area contributed by atoms with Crippen molar-refractivity contribution in [2.24, 2.45) is 5.92 Å². The van der Waals surface area contributed by atoms with Crippen LogP contribution in [0.3, 0.4) is 0 Å². The molecule has 4 rings (SSSR count). The lowest BCUT2D eigenvalue weighted by atomic mass is 9.88.